The van der Waals surface area contributed by atoms with E-state index in [1.165, 1.54) is 31.5 Å². The summed E-state index contributed by atoms with van der Waals surface area (Å²) in [5.41, 5.74) is 1.51. The minimum absolute atomic E-state index is 0.115. The molecule has 3 heterocycles. The molecule has 4 rings (SSSR count). The lowest BCUT2D eigenvalue weighted by atomic mass is 10.1. The Morgan fingerprint density at radius 3 is 2.79 bits per heavy atom. The summed E-state index contributed by atoms with van der Waals surface area (Å²) in [4.78, 5) is 44.5. The van der Waals surface area contributed by atoms with Crippen molar-refractivity contribution in [3.63, 3.8) is 0 Å². The lowest BCUT2D eigenvalue weighted by Gasteiger charge is -2.10. The van der Waals surface area contributed by atoms with E-state index in [-0.39, 0.29) is 22.2 Å². The molecule has 0 spiro atoms. The fraction of sp³-hybridized carbons (Fsp3) is 0.130. The van der Waals surface area contributed by atoms with E-state index in [4.69, 9.17) is 16.3 Å². The van der Waals surface area contributed by atoms with Crippen molar-refractivity contribution in [3.8, 4) is 5.88 Å². The number of aromatic amines is 1. The van der Waals surface area contributed by atoms with Gasteiger partial charge in [0.1, 0.15) is 5.56 Å². The van der Waals surface area contributed by atoms with E-state index < -0.39 is 11.5 Å². The van der Waals surface area contributed by atoms with Gasteiger partial charge < -0.3 is 20.4 Å². The van der Waals surface area contributed by atoms with Gasteiger partial charge in [0.15, 0.2) is 0 Å². The molecule has 0 fully saturated rings. The number of carbonyl (C=O) groups excluding carboxylic acids is 2. The standard InChI is InChI=1S/C23H19ClN4O4S/c1-32-20-10-18-15(11-26-20)8-16(22(30)27-18)23(31)28-19-9-14(2-3-17(19)24)21(29)25-6-4-13-5-7-33-12-13/h2-3,5,7-12H,4,6H2,1H3,(H,25,29)(H,27,30)(H,28,31). The van der Waals surface area contributed by atoms with Crippen LogP contribution in [0, 0.1) is 0 Å². The number of halogens is 1. The molecule has 8 nitrogen and oxygen atoms in total. The largest absolute Gasteiger partial charge is 0.481 e. The van der Waals surface area contributed by atoms with Crippen molar-refractivity contribution in [2.75, 3.05) is 19.0 Å². The molecule has 2 amide bonds. The van der Waals surface area contributed by atoms with Gasteiger partial charge in [0, 0.05) is 29.8 Å². The zero-order valence-electron chi connectivity index (χ0n) is 17.5. The van der Waals surface area contributed by atoms with E-state index >= 15 is 0 Å². The van der Waals surface area contributed by atoms with E-state index in [1.54, 1.807) is 23.5 Å². The molecule has 0 atom stereocenters. The fourth-order valence-electron chi connectivity index (χ4n) is 3.17. The number of aromatic nitrogens is 2. The molecule has 33 heavy (non-hydrogen) atoms. The minimum Gasteiger partial charge on any atom is -0.481 e. The van der Waals surface area contributed by atoms with Crippen LogP contribution in [-0.2, 0) is 6.42 Å². The number of hydrogen-bond donors (Lipinski definition) is 3. The maximum atomic E-state index is 12.8. The summed E-state index contributed by atoms with van der Waals surface area (Å²) in [5.74, 6) is -0.612. The van der Waals surface area contributed by atoms with Gasteiger partial charge in [-0.15, -0.1) is 0 Å². The molecule has 4 aromatic rings. The predicted octanol–water partition coefficient (Wildman–Crippen LogP) is 3.87. The lowest BCUT2D eigenvalue weighted by molar-refractivity contribution is 0.0952. The molecule has 0 aliphatic carbocycles. The van der Waals surface area contributed by atoms with Crippen LogP contribution >= 0.6 is 22.9 Å². The number of fused-ring (bicyclic) bond motifs is 1. The van der Waals surface area contributed by atoms with Crippen molar-refractivity contribution in [1.82, 2.24) is 15.3 Å². The van der Waals surface area contributed by atoms with Crippen LogP contribution in [0.1, 0.15) is 26.3 Å². The number of nitrogens with zero attached hydrogens (tertiary/aromatic N) is 1. The summed E-state index contributed by atoms with van der Waals surface area (Å²) in [5, 5.41) is 10.3. The van der Waals surface area contributed by atoms with Crippen LogP contribution in [0.5, 0.6) is 5.88 Å². The number of amides is 2. The monoisotopic (exact) mass is 482 g/mol. The van der Waals surface area contributed by atoms with Crippen LogP contribution in [0.15, 0.2) is 58.1 Å². The topological polar surface area (TPSA) is 113 Å². The molecule has 0 aliphatic heterocycles. The number of methoxy groups -OCH3 is 1. The molecule has 3 N–H and O–H groups in total. The molecule has 0 saturated heterocycles. The highest BCUT2D eigenvalue weighted by Gasteiger charge is 2.16. The van der Waals surface area contributed by atoms with E-state index in [0.29, 0.717) is 28.9 Å². The van der Waals surface area contributed by atoms with Gasteiger partial charge in [-0.3, -0.25) is 14.4 Å². The second-order valence-electron chi connectivity index (χ2n) is 7.11. The summed E-state index contributed by atoms with van der Waals surface area (Å²) in [6, 6.07) is 9.57. The number of H-pyrrole nitrogens is 1. The number of thiophene rings is 1. The maximum absolute atomic E-state index is 12.8. The molecule has 0 radical (unpaired) electrons. The van der Waals surface area contributed by atoms with Crippen molar-refractivity contribution in [1.29, 1.82) is 0 Å². The highest BCUT2D eigenvalue weighted by atomic mass is 35.5. The van der Waals surface area contributed by atoms with Crippen molar-refractivity contribution in [2.24, 2.45) is 0 Å². The van der Waals surface area contributed by atoms with Crippen LogP contribution in [0.3, 0.4) is 0 Å². The predicted molar refractivity (Wildman–Crippen MR) is 129 cm³/mol. The fourth-order valence-corrected chi connectivity index (χ4v) is 4.04. The number of nitrogens with one attached hydrogen (secondary N) is 3. The SMILES string of the molecule is COc1cc2[nH]c(=O)c(C(=O)Nc3cc(C(=O)NCCc4ccsc4)ccc3Cl)cc2cn1. The molecule has 1 aromatic carbocycles. The highest BCUT2D eigenvalue weighted by molar-refractivity contribution is 7.07. The molecule has 0 aliphatic rings. The van der Waals surface area contributed by atoms with Gasteiger partial charge in [-0.2, -0.15) is 11.3 Å². The number of benzene rings is 1. The second kappa shape index (κ2) is 9.85. The Morgan fingerprint density at radius 2 is 2.03 bits per heavy atom. The third kappa shape index (κ3) is 5.21. The van der Waals surface area contributed by atoms with E-state index in [0.717, 1.165) is 12.0 Å². The first-order chi connectivity index (χ1) is 15.9. The number of ether oxygens (including phenoxy) is 1. The van der Waals surface area contributed by atoms with E-state index in [9.17, 15) is 14.4 Å². The third-order valence-corrected chi connectivity index (χ3v) is 5.97. The van der Waals surface area contributed by atoms with Gasteiger partial charge in [-0.25, -0.2) is 4.98 Å². The van der Waals surface area contributed by atoms with Crippen LogP contribution in [0.4, 0.5) is 5.69 Å². The zero-order chi connectivity index (χ0) is 23.4. The normalized spacial score (nSPS) is 10.7. The van der Waals surface area contributed by atoms with Gasteiger partial charge in [0.2, 0.25) is 5.88 Å². The molecular formula is C23H19ClN4O4S. The summed E-state index contributed by atoms with van der Waals surface area (Å²) < 4.78 is 5.05. The first kappa shape index (κ1) is 22.5. The quantitative estimate of drug-likeness (QED) is 0.370. The Kier molecular flexibility index (Phi) is 6.71. The number of hydrogen-bond acceptors (Lipinski definition) is 6. The van der Waals surface area contributed by atoms with Crippen LogP contribution in [0.2, 0.25) is 5.02 Å². The average molecular weight is 483 g/mol. The number of anilines is 1. The Hall–Kier alpha value is -3.69. The first-order valence-corrected chi connectivity index (χ1v) is 11.2. The van der Waals surface area contributed by atoms with Gasteiger partial charge in [-0.1, -0.05) is 11.6 Å². The van der Waals surface area contributed by atoms with Gasteiger partial charge in [0.05, 0.1) is 23.3 Å². The number of carbonyl (C=O) groups is 2. The molecule has 3 aromatic heterocycles. The van der Waals surface area contributed by atoms with Crippen LogP contribution < -0.4 is 20.9 Å². The van der Waals surface area contributed by atoms with Crippen molar-refractivity contribution in [2.45, 2.75) is 6.42 Å². The van der Waals surface area contributed by atoms with Crippen LogP contribution in [-0.4, -0.2) is 35.4 Å². The number of pyridine rings is 2. The summed E-state index contributed by atoms with van der Waals surface area (Å²) in [7, 11) is 1.47. The van der Waals surface area contributed by atoms with Gasteiger partial charge >= 0.3 is 0 Å². The van der Waals surface area contributed by atoms with Gasteiger partial charge in [0.25, 0.3) is 17.4 Å². The van der Waals surface area contributed by atoms with Crippen molar-refractivity contribution in [3.05, 3.63) is 85.4 Å². The van der Waals surface area contributed by atoms with Gasteiger partial charge in [-0.05, 0) is 53.1 Å². The Morgan fingerprint density at radius 1 is 1.18 bits per heavy atom. The molecule has 168 valence electrons. The average Bonchev–Trinajstić information content (AvgIpc) is 3.33. The molecule has 0 saturated carbocycles. The summed E-state index contributed by atoms with van der Waals surface area (Å²) >= 11 is 7.82. The maximum Gasteiger partial charge on any atom is 0.261 e. The molecule has 10 heteroatoms. The Balaban J connectivity index is 1.50. The Labute approximate surface area is 197 Å². The highest BCUT2D eigenvalue weighted by Crippen LogP contribution is 2.24. The summed E-state index contributed by atoms with van der Waals surface area (Å²) in [6.07, 6.45) is 2.22. The van der Waals surface area contributed by atoms with Crippen molar-refractivity contribution >= 4 is 51.3 Å². The summed E-state index contributed by atoms with van der Waals surface area (Å²) in [6.45, 7) is 0.477. The third-order valence-electron chi connectivity index (χ3n) is 4.91. The van der Waals surface area contributed by atoms with E-state index in [2.05, 4.69) is 20.6 Å². The van der Waals surface area contributed by atoms with E-state index in [1.807, 2.05) is 16.8 Å². The smallest absolute Gasteiger partial charge is 0.261 e. The first-order valence-electron chi connectivity index (χ1n) is 9.92. The molecule has 0 unspecified atom stereocenters. The lowest BCUT2D eigenvalue weighted by Crippen LogP contribution is -2.26. The second-order valence-corrected chi connectivity index (χ2v) is 8.30. The minimum atomic E-state index is -0.661. The number of rotatable bonds is 7. The van der Waals surface area contributed by atoms with Crippen LogP contribution in [0.25, 0.3) is 10.9 Å². The Bertz CT molecular complexity index is 1390. The molecular weight excluding hydrogens is 464 g/mol. The van der Waals surface area contributed by atoms with Crippen molar-refractivity contribution < 1.29 is 14.3 Å². The zero-order valence-corrected chi connectivity index (χ0v) is 19.0. The molecule has 0 bridgehead atoms.